The van der Waals surface area contributed by atoms with Crippen LogP contribution in [-0.4, -0.2) is 10.0 Å². The van der Waals surface area contributed by atoms with E-state index in [1.165, 1.54) is 11.8 Å². The van der Waals surface area contributed by atoms with Gasteiger partial charge in [-0.3, -0.25) is 10.1 Å². The van der Waals surface area contributed by atoms with Crippen LogP contribution < -0.4 is 0 Å². The summed E-state index contributed by atoms with van der Waals surface area (Å²) in [7, 11) is 0. The van der Waals surface area contributed by atoms with Gasteiger partial charge in [-0.05, 0) is 45.8 Å². The molecule has 0 atom stereocenters. The molecule has 0 aliphatic heterocycles. The summed E-state index contributed by atoms with van der Waals surface area (Å²) in [6, 6.07) is 12.0. The highest BCUT2D eigenvalue weighted by Gasteiger charge is 2.12. The fraction of sp³-hybridized carbons (Fsp3) is 0.0769. The molecule has 0 aromatic heterocycles. The van der Waals surface area contributed by atoms with Crippen molar-refractivity contribution in [2.24, 2.45) is 0 Å². The van der Waals surface area contributed by atoms with E-state index in [9.17, 15) is 15.2 Å². The molecule has 6 heteroatoms. The number of benzene rings is 2. The molecule has 0 heterocycles. The Morgan fingerprint density at radius 2 is 2.05 bits per heavy atom. The number of halogens is 1. The molecule has 0 saturated heterocycles. The van der Waals surface area contributed by atoms with Crippen molar-refractivity contribution in [2.45, 2.75) is 10.6 Å². The maximum absolute atomic E-state index is 10.8. The Hall–Kier alpha value is -1.53. The summed E-state index contributed by atoms with van der Waals surface area (Å²) in [5, 5.41) is 20.2. The van der Waals surface area contributed by atoms with Gasteiger partial charge in [0.25, 0.3) is 5.69 Å². The van der Waals surface area contributed by atoms with Gasteiger partial charge in [-0.2, -0.15) is 0 Å². The summed E-state index contributed by atoms with van der Waals surface area (Å²) in [6.45, 7) is 0. The van der Waals surface area contributed by atoms with Crippen molar-refractivity contribution in [1.29, 1.82) is 0 Å². The minimum absolute atomic E-state index is 0.0639. The molecule has 19 heavy (non-hydrogen) atoms. The molecule has 0 radical (unpaired) electrons. The van der Waals surface area contributed by atoms with E-state index in [-0.39, 0.29) is 11.4 Å². The standard InChI is InChI=1S/C13H10BrNO3S/c14-12-5-4-9(6-13(12)15(17)18)8-19-11-3-1-2-10(16)7-11/h1-7,16H,8H2. The van der Waals surface area contributed by atoms with Crippen LogP contribution in [0.2, 0.25) is 0 Å². The second kappa shape index (κ2) is 6.08. The number of nitrogens with zero attached hydrogens (tertiary/aromatic N) is 1. The number of nitro benzene ring substituents is 1. The molecule has 0 bridgehead atoms. The monoisotopic (exact) mass is 339 g/mol. The number of rotatable bonds is 4. The number of aromatic hydroxyl groups is 1. The first-order valence-electron chi connectivity index (χ1n) is 5.41. The number of hydrogen-bond acceptors (Lipinski definition) is 4. The molecule has 0 amide bonds. The van der Waals surface area contributed by atoms with Crippen LogP contribution in [0.5, 0.6) is 5.75 Å². The number of phenols is 1. The molecule has 2 aromatic rings. The Morgan fingerprint density at radius 3 is 2.74 bits per heavy atom. The van der Waals surface area contributed by atoms with E-state index in [0.29, 0.717) is 10.2 Å². The van der Waals surface area contributed by atoms with E-state index in [0.717, 1.165) is 10.5 Å². The number of thioether (sulfide) groups is 1. The Morgan fingerprint density at radius 1 is 1.26 bits per heavy atom. The van der Waals surface area contributed by atoms with Gasteiger partial charge in [0, 0.05) is 16.7 Å². The zero-order valence-corrected chi connectivity index (χ0v) is 12.1. The van der Waals surface area contributed by atoms with E-state index < -0.39 is 4.92 Å². The lowest BCUT2D eigenvalue weighted by Gasteiger charge is -2.03. The number of phenolic OH excluding ortho intramolecular Hbond substituents is 1. The quantitative estimate of drug-likeness (QED) is 0.510. The Bertz CT molecular complexity index is 619. The van der Waals surface area contributed by atoms with Crippen molar-refractivity contribution in [3.05, 3.63) is 62.6 Å². The molecule has 2 rings (SSSR count). The summed E-state index contributed by atoms with van der Waals surface area (Å²) in [6.07, 6.45) is 0. The summed E-state index contributed by atoms with van der Waals surface area (Å²) in [4.78, 5) is 11.3. The van der Waals surface area contributed by atoms with Crippen molar-refractivity contribution in [2.75, 3.05) is 0 Å². The molecule has 0 aliphatic rings. The maximum atomic E-state index is 10.8. The van der Waals surface area contributed by atoms with Crippen LogP contribution in [0.1, 0.15) is 5.56 Å². The zero-order valence-electron chi connectivity index (χ0n) is 9.75. The molecule has 0 unspecified atom stereocenters. The van der Waals surface area contributed by atoms with Gasteiger partial charge in [-0.1, -0.05) is 12.1 Å². The van der Waals surface area contributed by atoms with Crippen molar-refractivity contribution in [3.8, 4) is 5.75 Å². The second-order valence-corrected chi connectivity index (χ2v) is 5.73. The predicted molar refractivity (Wildman–Crippen MR) is 78.5 cm³/mol. The van der Waals surface area contributed by atoms with E-state index in [2.05, 4.69) is 15.9 Å². The first-order valence-corrected chi connectivity index (χ1v) is 7.19. The average Bonchev–Trinajstić information content (AvgIpc) is 2.37. The van der Waals surface area contributed by atoms with E-state index in [1.54, 1.807) is 30.3 Å². The molecule has 0 saturated carbocycles. The highest BCUT2D eigenvalue weighted by atomic mass is 79.9. The van der Waals surface area contributed by atoms with Gasteiger partial charge >= 0.3 is 0 Å². The van der Waals surface area contributed by atoms with Crippen molar-refractivity contribution in [3.63, 3.8) is 0 Å². The molecule has 1 N–H and O–H groups in total. The fourth-order valence-electron chi connectivity index (χ4n) is 1.53. The first-order chi connectivity index (χ1) is 9.06. The van der Waals surface area contributed by atoms with Gasteiger partial charge in [0.2, 0.25) is 0 Å². The lowest BCUT2D eigenvalue weighted by atomic mass is 10.2. The van der Waals surface area contributed by atoms with Crippen LogP contribution >= 0.6 is 27.7 Å². The van der Waals surface area contributed by atoms with Gasteiger partial charge in [-0.15, -0.1) is 11.8 Å². The summed E-state index contributed by atoms with van der Waals surface area (Å²) >= 11 is 4.67. The molecular weight excluding hydrogens is 330 g/mol. The lowest BCUT2D eigenvalue weighted by molar-refractivity contribution is -0.385. The smallest absolute Gasteiger partial charge is 0.283 e. The third-order valence-corrected chi connectivity index (χ3v) is 4.17. The summed E-state index contributed by atoms with van der Waals surface area (Å²) in [5.74, 6) is 0.823. The molecule has 0 spiro atoms. The largest absolute Gasteiger partial charge is 0.508 e. The second-order valence-electron chi connectivity index (χ2n) is 3.83. The SMILES string of the molecule is O=[N+]([O-])c1cc(CSc2cccc(O)c2)ccc1Br. The Kier molecular flexibility index (Phi) is 4.44. The fourth-order valence-corrected chi connectivity index (χ4v) is 2.81. The van der Waals surface area contributed by atoms with E-state index in [4.69, 9.17) is 0 Å². The van der Waals surface area contributed by atoms with Crippen molar-refractivity contribution < 1.29 is 10.0 Å². The lowest BCUT2D eigenvalue weighted by Crippen LogP contribution is -1.91. The molecule has 2 aromatic carbocycles. The van der Waals surface area contributed by atoms with Crippen LogP contribution in [0.25, 0.3) is 0 Å². The molecule has 98 valence electrons. The zero-order chi connectivity index (χ0) is 13.8. The number of nitro groups is 1. The predicted octanol–water partition coefficient (Wildman–Crippen LogP) is 4.36. The van der Waals surface area contributed by atoms with Gasteiger partial charge in [-0.25, -0.2) is 0 Å². The number of hydrogen-bond donors (Lipinski definition) is 1. The van der Waals surface area contributed by atoms with E-state index >= 15 is 0 Å². The van der Waals surface area contributed by atoms with Crippen molar-refractivity contribution >= 4 is 33.4 Å². The molecule has 4 nitrogen and oxygen atoms in total. The van der Waals surface area contributed by atoms with Gasteiger partial charge in [0.15, 0.2) is 0 Å². The normalized spacial score (nSPS) is 10.4. The van der Waals surface area contributed by atoms with Gasteiger partial charge in [0.05, 0.1) is 9.40 Å². The first kappa shape index (κ1) is 13.9. The maximum Gasteiger partial charge on any atom is 0.283 e. The van der Waals surface area contributed by atoms with Gasteiger partial charge < -0.3 is 5.11 Å². The van der Waals surface area contributed by atoms with Crippen LogP contribution in [-0.2, 0) is 5.75 Å². The Labute approximate surface area is 122 Å². The van der Waals surface area contributed by atoms with Crippen molar-refractivity contribution in [1.82, 2.24) is 0 Å². The van der Waals surface area contributed by atoms with Crippen LogP contribution in [0, 0.1) is 10.1 Å². The van der Waals surface area contributed by atoms with Crippen LogP contribution in [0.4, 0.5) is 5.69 Å². The third kappa shape index (κ3) is 3.71. The highest BCUT2D eigenvalue weighted by Crippen LogP contribution is 2.30. The summed E-state index contributed by atoms with van der Waals surface area (Å²) in [5.41, 5.74) is 0.928. The minimum Gasteiger partial charge on any atom is -0.508 e. The molecular formula is C13H10BrNO3S. The molecule has 0 aliphatic carbocycles. The molecule has 0 fully saturated rings. The Balaban J connectivity index is 2.12. The minimum atomic E-state index is -0.410. The van der Waals surface area contributed by atoms with Crippen LogP contribution in [0.3, 0.4) is 0 Å². The van der Waals surface area contributed by atoms with Gasteiger partial charge in [0.1, 0.15) is 5.75 Å². The topological polar surface area (TPSA) is 63.4 Å². The van der Waals surface area contributed by atoms with E-state index in [1.807, 2.05) is 12.1 Å². The third-order valence-electron chi connectivity index (χ3n) is 2.43. The highest BCUT2D eigenvalue weighted by molar-refractivity contribution is 9.10. The average molecular weight is 340 g/mol. The summed E-state index contributed by atoms with van der Waals surface area (Å²) < 4.78 is 0.476. The van der Waals surface area contributed by atoms with Crippen LogP contribution in [0.15, 0.2) is 51.8 Å².